The molecule has 0 saturated heterocycles. The lowest BCUT2D eigenvalue weighted by molar-refractivity contribution is -0.117. The highest BCUT2D eigenvalue weighted by Crippen LogP contribution is 2.37. The van der Waals surface area contributed by atoms with Crippen LogP contribution in [0.15, 0.2) is 53.9 Å². The molecule has 2 amide bonds. The third kappa shape index (κ3) is 3.58. The van der Waals surface area contributed by atoms with Crippen molar-refractivity contribution >= 4 is 46.4 Å². The van der Waals surface area contributed by atoms with Gasteiger partial charge in [-0.1, -0.05) is 41.9 Å². The van der Waals surface area contributed by atoms with Crippen molar-refractivity contribution in [3.05, 3.63) is 80.5 Å². The first-order chi connectivity index (χ1) is 14.4. The minimum atomic E-state index is -1.20. The summed E-state index contributed by atoms with van der Waals surface area (Å²) in [4.78, 5) is 38.1. The fraction of sp³-hybridized carbons (Fsp3) is 0.136. The van der Waals surface area contributed by atoms with Gasteiger partial charge in [-0.2, -0.15) is 0 Å². The molecule has 0 radical (unpaired) electrons. The third-order valence-electron chi connectivity index (χ3n) is 4.81. The molecular weight excluding hydrogens is 426 g/mol. The number of imide groups is 1. The van der Waals surface area contributed by atoms with Crippen LogP contribution in [0.3, 0.4) is 0 Å². The van der Waals surface area contributed by atoms with Crippen molar-refractivity contribution in [3.63, 3.8) is 0 Å². The van der Waals surface area contributed by atoms with E-state index in [9.17, 15) is 19.5 Å². The highest BCUT2D eigenvalue weighted by Gasteiger charge is 2.37. The molecule has 0 saturated carbocycles. The molecule has 0 fully saturated rings. The predicted molar refractivity (Wildman–Crippen MR) is 114 cm³/mol. The maximum Gasteiger partial charge on any atom is 0.346 e. The first-order valence-electron chi connectivity index (χ1n) is 9.09. The van der Waals surface area contributed by atoms with E-state index in [-0.39, 0.29) is 33.7 Å². The van der Waals surface area contributed by atoms with E-state index < -0.39 is 17.8 Å². The molecule has 3 aromatic rings. The van der Waals surface area contributed by atoms with Crippen molar-refractivity contribution < 1.29 is 24.2 Å². The van der Waals surface area contributed by atoms with Gasteiger partial charge in [-0.05, 0) is 35.6 Å². The minimum absolute atomic E-state index is 0.0344. The molecule has 4 rings (SSSR count). The Morgan fingerprint density at radius 2 is 1.93 bits per heavy atom. The van der Waals surface area contributed by atoms with E-state index >= 15 is 0 Å². The van der Waals surface area contributed by atoms with E-state index in [1.807, 2.05) is 37.3 Å². The Morgan fingerprint density at radius 3 is 2.63 bits per heavy atom. The molecule has 0 aliphatic carbocycles. The molecule has 1 aliphatic heterocycles. The van der Waals surface area contributed by atoms with Gasteiger partial charge in [-0.15, -0.1) is 11.3 Å². The number of fused-ring (bicyclic) bond motifs is 1. The quantitative estimate of drug-likeness (QED) is 0.565. The van der Waals surface area contributed by atoms with Crippen LogP contribution >= 0.6 is 22.9 Å². The lowest BCUT2D eigenvalue weighted by atomic mass is 10.0. The van der Waals surface area contributed by atoms with Crippen LogP contribution in [-0.2, 0) is 11.2 Å². The zero-order chi connectivity index (χ0) is 21.4. The van der Waals surface area contributed by atoms with Gasteiger partial charge >= 0.3 is 5.97 Å². The Labute approximate surface area is 181 Å². The summed E-state index contributed by atoms with van der Waals surface area (Å²) in [5.41, 5.74) is 1.59. The smallest absolute Gasteiger partial charge is 0.346 e. The zero-order valence-corrected chi connectivity index (χ0v) is 17.4. The Balaban J connectivity index is 1.69. The molecule has 0 spiro atoms. The van der Waals surface area contributed by atoms with Crippen molar-refractivity contribution in [3.8, 4) is 5.75 Å². The largest absolute Gasteiger partial charge is 0.486 e. The highest BCUT2D eigenvalue weighted by molar-refractivity contribution is 7.12. The maximum absolute atomic E-state index is 13.1. The first kappa shape index (κ1) is 20.1. The molecule has 0 unspecified atom stereocenters. The lowest BCUT2D eigenvalue weighted by Crippen LogP contribution is -2.42. The molecular formula is C22H16ClNO5S. The second-order valence-corrected chi connectivity index (χ2v) is 8.05. The molecule has 152 valence electrons. The second-order valence-electron chi connectivity index (χ2n) is 6.77. The Morgan fingerprint density at radius 1 is 1.20 bits per heavy atom. The number of rotatable bonds is 5. The van der Waals surface area contributed by atoms with Crippen molar-refractivity contribution in [1.82, 2.24) is 0 Å². The normalized spacial score (nSPS) is 14.4. The summed E-state index contributed by atoms with van der Waals surface area (Å²) in [7, 11) is 0. The molecule has 1 N–H and O–H groups in total. The summed E-state index contributed by atoms with van der Waals surface area (Å²) in [5, 5.41) is 11.1. The minimum Gasteiger partial charge on any atom is -0.486 e. The fourth-order valence-electron chi connectivity index (χ4n) is 3.36. The van der Waals surface area contributed by atoms with Crippen LogP contribution < -0.4 is 9.64 Å². The Hall–Kier alpha value is -3.16. The topological polar surface area (TPSA) is 83.9 Å². The van der Waals surface area contributed by atoms with Gasteiger partial charge in [0.05, 0.1) is 22.7 Å². The van der Waals surface area contributed by atoms with Crippen LogP contribution in [0, 0.1) is 0 Å². The third-order valence-corrected chi connectivity index (χ3v) is 6.15. The number of carbonyl (C=O) groups excluding carboxylic acids is 2. The van der Waals surface area contributed by atoms with Gasteiger partial charge in [0.15, 0.2) is 0 Å². The second kappa shape index (κ2) is 7.93. The van der Waals surface area contributed by atoms with Crippen LogP contribution in [0.5, 0.6) is 5.75 Å². The van der Waals surface area contributed by atoms with E-state index in [4.69, 9.17) is 16.3 Å². The summed E-state index contributed by atoms with van der Waals surface area (Å²) in [6.07, 6.45) is -0.345. The number of halogens is 1. The Bertz CT molecular complexity index is 1160. The number of nitrogens with zero attached hydrogens (tertiary/aromatic N) is 1. The summed E-state index contributed by atoms with van der Waals surface area (Å²) in [6, 6.07) is 14.3. The van der Waals surface area contributed by atoms with Crippen LogP contribution in [0.2, 0.25) is 5.02 Å². The molecule has 8 heteroatoms. The first-order valence-corrected chi connectivity index (χ1v) is 10.3. The van der Waals surface area contributed by atoms with Crippen molar-refractivity contribution in [2.24, 2.45) is 0 Å². The number of hydrogen-bond acceptors (Lipinski definition) is 5. The number of amides is 2. The molecule has 30 heavy (non-hydrogen) atoms. The van der Waals surface area contributed by atoms with E-state index in [2.05, 4.69) is 0 Å². The van der Waals surface area contributed by atoms with Crippen LogP contribution in [0.25, 0.3) is 0 Å². The number of anilines is 1. The lowest BCUT2D eigenvalue weighted by Gasteiger charge is -2.27. The highest BCUT2D eigenvalue weighted by atomic mass is 35.5. The van der Waals surface area contributed by atoms with E-state index in [1.54, 1.807) is 12.1 Å². The number of aromatic carboxylic acids is 1. The summed E-state index contributed by atoms with van der Waals surface area (Å²) in [5.74, 6) is -1.95. The number of carboxylic acid groups (broad SMARTS) is 1. The monoisotopic (exact) mass is 441 g/mol. The van der Waals surface area contributed by atoms with Crippen molar-refractivity contribution in [2.45, 2.75) is 19.4 Å². The molecule has 2 heterocycles. The van der Waals surface area contributed by atoms with Gasteiger partial charge in [-0.25, -0.2) is 9.69 Å². The summed E-state index contributed by atoms with van der Waals surface area (Å²) >= 11 is 7.23. The van der Waals surface area contributed by atoms with Crippen LogP contribution in [0.4, 0.5) is 5.69 Å². The maximum atomic E-state index is 13.1. The fourth-order valence-corrected chi connectivity index (χ4v) is 4.46. The van der Waals surface area contributed by atoms with Gasteiger partial charge < -0.3 is 9.84 Å². The number of thiophene rings is 1. The van der Waals surface area contributed by atoms with Gasteiger partial charge in [0.1, 0.15) is 16.7 Å². The van der Waals surface area contributed by atoms with E-state index in [0.717, 1.165) is 21.8 Å². The SMILES string of the molecule is C[C@H](Oc1ccc(Cl)c(N2C(=O)Cc3csc(C(=O)O)c3C2=O)c1)c1ccccc1. The molecule has 1 aliphatic rings. The number of benzene rings is 2. The van der Waals surface area contributed by atoms with Gasteiger partial charge in [-0.3, -0.25) is 9.59 Å². The average Bonchev–Trinajstić information content (AvgIpc) is 3.15. The molecule has 6 nitrogen and oxygen atoms in total. The van der Waals surface area contributed by atoms with Crippen molar-refractivity contribution in [2.75, 3.05) is 4.90 Å². The number of ether oxygens (including phenoxy) is 1. The van der Waals surface area contributed by atoms with Crippen LogP contribution in [0.1, 0.15) is 44.2 Å². The van der Waals surface area contributed by atoms with Crippen LogP contribution in [-0.4, -0.2) is 22.9 Å². The average molecular weight is 442 g/mol. The standard InChI is InChI=1S/C22H16ClNO5S/c1-12(13-5-3-2-4-6-13)29-15-7-8-16(23)17(10-15)24-18(25)9-14-11-30-20(22(27)28)19(14)21(24)26/h2-8,10-12H,9H2,1H3,(H,27,28)/t12-/m0/s1. The number of carbonyl (C=O) groups is 3. The van der Waals surface area contributed by atoms with Crippen molar-refractivity contribution in [1.29, 1.82) is 0 Å². The predicted octanol–water partition coefficient (Wildman–Crippen LogP) is 4.97. The molecule has 2 aromatic carbocycles. The molecule has 1 atom stereocenters. The van der Waals surface area contributed by atoms with Gasteiger partial charge in [0.2, 0.25) is 5.91 Å². The number of carboxylic acids is 1. The van der Waals surface area contributed by atoms with Gasteiger partial charge in [0.25, 0.3) is 5.91 Å². The van der Waals surface area contributed by atoms with E-state index in [1.165, 1.54) is 11.4 Å². The summed E-state index contributed by atoms with van der Waals surface area (Å²) in [6.45, 7) is 1.89. The summed E-state index contributed by atoms with van der Waals surface area (Å²) < 4.78 is 5.97. The number of hydrogen-bond donors (Lipinski definition) is 1. The molecule has 1 aromatic heterocycles. The van der Waals surface area contributed by atoms with Gasteiger partial charge in [0, 0.05) is 6.07 Å². The Kier molecular flexibility index (Phi) is 5.32. The molecule has 0 bridgehead atoms. The zero-order valence-electron chi connectivity index (χ0n) is 15.8. The van der Waals surface area contributed by atoms with E-state index in [0.29, 0.717) is 11.3 Å².